The van der Waals surface area contributed by atoms with Crippen molar-refractivity contribution in [2.75, 3.05) is 20.2 Å². The van der Waals surface area contributed by atoms with Gasteiger partial charge in [0.05, 0.1) is 18.6 Å². The molecule has 7 heteroatoms. The van der Waals surface area contributed by atoms with Gasteiger partial charge < -0.3 is 20.1 Å². The van der Waals surface area contributed by atoms with Crippen LogP contribution in [0.1, 0.15) is 29.8 Å². The van der Waals surface area contributed by atoms with Gasteiger partial charge in [-0.05, 0) is 30.4 Å². The number of aliphatic carboxylic acids is 1. The van der Waals surface area contributed by atoms with Gasteiger partial charge in [-0.3, -0.25) is 4.79 Å². The number of amides is 2. The van der Waals surface area contributed by atoms with Crippen molar-refractivity contribution in [3.8, 4) is 0 Å². The molecule has 0 saturated heterocycles. The van der Waals surface area contributed by atoms with Crippen LogP contribution in [0.3, 0.4) is 0 Å². The molecule has 116 valence electrons. The molecule has 2 heterocycles. The van der Waals surface area contributed by atoms with E-state index in [-0.39, 0.29) is 25.0 Å². The maximum atomic E-state index is 12.3. The second-order valence-corrected chi connectivity index (χ2v) is 6.06. The van der Waals surface area contributed by atoms with Crippen molar-refractivity contribution in [3.05, 3.63) is 21.9 Å². The smallest absolute Gasteiger partial charge is 0.318 e. The minimum Gasteiger partial charge on any atom is -0.481 e. The van der Waals surface area contributed by atoms with Crippen LogP contribution in [0.25, 0.3) is 0 Å². The van der Waals surface area contributed by atoms with Crippen molar-refractivity contribution in [1.29, 1.82) is 0 Å². The van der Waals surface area contributed by atoms with Crippen LogP contribution in [0, 0.1) is 0 Å². The molecule has 2 unspecified atom stereocenters. The molecular formula is C14H20N2O4S. The van der Waals surface area contributed by atoms with E-state index in [1.807, 2.05) is 6.92 Å². The highest BCUT2D eigenvalue weighted by Gasteiger charge is 2.28. The number of carboxylic acids is 1. The van der Waals surface area contributed by atoms with Gasteiger partial charge in [0.25, 0.3) is 0 Å². The van der Waals surface area contributed by atoms with Crippen LogP contribution < -0.4 is 5.32 Å². The van der Waals surface area contributed by atoms with Gasteiger partial charge in [-0.2, -0.15) is 0 Å². The first kappa shape index (κ1) is 15.8. The fourth-order valence-electron chi connectivity index (χ4n) is 2.52. The Bertz CT molecular complexity index is 517. The van der Waals surface area contributed by atoms with Crippen LogP contribution in [0.5, 0.6) is 0 Å². The number of ether oxygens (including phenoxy) is 1. The molecule has 21 heavy (non-hydrogen) atoms. The summed E-state index contributed by atoms with van der Waals surface area (Å²) in [5, 5.41) is 13.6. The zero-order valence-corrected chi connectivity index (χ0v) is 13.0. The molecule has 6 nitrogen and oxygen atoms in total. The Balaban J connectivity index is 1.91. The molecule has 0 bridgehead atoms. The zero-order chi connectivity index (χ0) is 15.4. The highest BCUT2D eigenvalue weighted by molar-refractivity contribution is 7.10. The fourth-order valence-corrected chi connectivity index (χ4v) is 3.49. The Kier molecular flexibility index (Phi) is 5.19. The second-order valence-electron chi connectivity index (χ2n) is 5.06. The van der Waals surface area contributed by atoms with Crippen LogP contribution >= 0.6 is 11.3 Å². The van der Waals surface area contributed by atoms with E-state index in [0.717, 1.165) is 6.42 Å². The molecule has 2 amide bonds. The van der Waals surface area contributed by atoms with Gasteiger partial charge in [-0.25, -0.2) is 4.79 Å². The molecule has 1 aliphatic heterocycles. The Hall–Kier alpha value is -1.60. The SMILES string of the molecule is COC(CNC(=O)N1CCc2sccc2C1C)CC(=O)O. The number of nitrogens with zero attached hydrogens (tertiary/aromatic N) is 1. The number of urea groups is 1. The number of thiophene rings is 1. The maximum Gasteiger partial charge on any atom is 0.318 e. The predicted molar refractivity (Wildman–Crippen MR) is 79.6 cm³/mol. The molecule has 2 N–H and O–H groups in total. The number of fused-ring (bicyclic) bond motifs is 1. The molecule has 1 aliphatic rings. The summed E-state index contributed by atoms with van der Waals surface area (Å²) in [6.45, 7) is 2.88. The van der Waals surface area contributed by atoms with Gasteiger partial charge in [0.1, 0.15) is 0 Å². The standard InChI is InChI=1S/C14H20N2O4S/c1-9-11-4-6-21-12(11)3-5-16(9)14(19)15-8-10(20-2)7-13(17)18/h4,6,9-10H,3,5,7-8H2,1-2H3,(H,15,19)(H,17,18). The number of nitrogens with one attached hydrogen (secondary N) is 1. The minimum absolute atomic E-state index is 0.0421. The summed E-state index contributed by atoms with van der Waals surface area (Å²) < 4.78 is 5.06. The van der Waals surface area contributed by atoms with Crippen molar-refractivity contribution in [2.24, 2.45) is 0 Å². The van der Waals surface area contributed by atoms with E-state index in [2.05, 4.69) is 16.8 Å². The highest BCUT2D eigenvalue weighted by atomic mass is 32.1. The molecule has 2 rings (SSSR count). The summed E-state index contributed by atoms with van der Waals surface area (Å²) in [6, 6.07) is 1.93. The number of hydrogen-bond acceptors (Lipinski definition) is 4. The van der Waals surface area contributed by atoms with E-state index >= 15 is 0 Å². The summed E-state index contributed by atoms with van der Waals surface area (Å²) in [4.78, 5) is 26.1. The first-order valence-electron chi connectivity index (χ1n) is 6.88. The summed E-state index contributed by atoms with van der Waals surface area (Å²) in [7, 11) is 1.45. The van der Waals surface area contributed by atoms with Gasteiger partial charge in [-0.15, -0.1) is 11.3 Å². The van der Waals surface area contributed by atoms with E-state index in [1.165, 1.54) is 17.6 Å². The van der Waals surface area contributed by atoms with Gasteiger partial charge >= 0.3 is 12.0 Å². The van der Waals surface area contributed by atoms with E-state index in [0.29, 0.717) is 6.54 Å². The topological polar surface area (TPSA) is 78.9 Å². The summed E-state index contributed by atoms with van der Waals surface area (Å²) >= 11 is 1.73. The zero-order valence-electron chi connectivity index (χ0n) is 12.2. The van der Waals surface area contributed by atoms with Crippen LogP contribution in [0.4, 0.5) is 4.79 Å². The number of carbonyl (C=O) groups excluding carboxylic acids is 1. The van der Waals surface area contributed by atoms with Gasteiger partial charge in [0, 0.05) is 25.1 Å². The van der Waals surface area contributed by atoms with Gasteiger partial charge in [-0.1, -0.05) is 0 Å². The predicted octanol–water partition coefficient (Wildman–Crippen LogP) is 1.87. The van der Waals surface area contributed by atoms with Gasteiger partial charge in [0.2, 0.25) is 0 Å². The molecule has 0 fully saturated rings. The Morgan fingerprint density at radius 1 is 1.62 bits per heavy atom. The lowest BCUT2D eigenvalue weighted by Gasteiger charge is -2.34. The van der Waals surface area contributed by atoms with E-state index in [1.54, 1.807) is 16.2 Å². The largest absolute Gasteiger partial charge is 0.481 e. The molecule has 0 aromatic carbocycles. The Morgan fingerprint density at radius 2 is 2.38 bits per heavy atom. The number of hydrogen-bond donors (Lipinski definition) is 2. The number of rotatable bonds is 5. The highest BCUT2D eigenvalue weighted by Crippen LogP contribution is 2.32. The lowest BCUT2D eigenvalue weighted by atomic mass is 10.0. The first-order valence-corrected chi connectivity index (χ1v) is 7.76. The number of carboxylic acid groups (broad SMARTS) is 1. The van der Waals surface area contributed by atoms with Gasteiger partial charge in [0.15, 0.2) is 0 Å². The molecule has 2 atom stereocenters. The summed E-state index contributed by atoms with van der Waals surface area (Å²) in [5.74, 6) is -0.939. The molecule has 0 saturated carbocycles. The molecule has 1 aromatic rings. The summed E-state index contributed by atoms with van der Waals surface area (Å²) in [6.07, 6.45) is 0.234. The number of carbonyl (C=O) groups is 2. The van der Waals surface area contributed by atoms with Crippen molar-refractivity contribution < 1.29 is 19.4 Å². The monoisotopic (exact) mass is 312 g/mol. The van der Waals surface area contributed by atoms with Crippen LogP contribution in [0.2, 0.25) is 0 Å². The van der Waals surface area contributed by atoms with Crippen LogP contribution in [-0.4, -0.2) is 48.3 Å². The number of methoxy groups -OCH3 is 1. The van der Waals surface area contributed by atoms with E-state index in [9.17, 15) is 9.59 Å². The maximum absolute atomic E-state index is 12.3. The third-order valence-electron chi connectivity index (χ3n) is 3.75. The van der Waals surface area contributed by atoms with E-state index in [4.69, 9.17) is 9.84 Å². The molecule has 0 spiro atoms. The molecule has 0 radical (unpaired) electrons. The fraction of sp³-hybridized carbons (Fsp3) is 0.571. The molecular weight excluding hydrogens is 292 g/mol. The van der Waals surface area contributed by atoms with Crippen LogP contribution in [-0.2, 0) is 16.0 Å². The van der Waals surface area contributed by atoms with Crippen molar-refractivity contribution in [2.45, 2.75) is 31.9 Å². The normalized spacial score (nSPS) is 19.0. The first-order chi connectivity index (χ1) is 10.0. The average molecular weight is 312 g/mol. The lowest BCUT2D eigenvalue weighted by Crippen LogP contribution is -2.46. The molecule has 1 aromatic heterocycles. The van der Waals surface area contributed by atoms with Crippen molar-refractivity contribution in [3.63, 3.8) is 0 Å². The lowest BCUT2D eigenvalue weighted by molar-refractivity contribution is -0.139. The van der Waals surface area contributed by atoms with Crippen LogP contribution in [0.15, 0.2) is 11.4 Å². The quantitative estimate of drug-likeness (QED) is 0.870. The summed E-state index contributed by atoms with van der Waals surface area (Å²) in [5.41, 5.74) is 1.20. The van der Waals surface area contributed by atoms with Crippen molar-refractivity contribution >= 4 is 23.3 Å². The Labute approximate surface area is 127 Å². The third-order valence-corrected chi connectivity index (χ3v) is 4.75. The van der Waals surface area contributed by atoms with E-state index < -0.39 is 12.1 Å². The average Bonchev–Trinajstić information content (AvgIpc) is 2.92. The Morgan fingerprint density at radius 3 is 3.05 bits per heavy atom. The molecule has 0 aliphatic carbocycles. The third kappa shape index (κ3) is 3.74. The minimum atomic E-state index is -0.939. The van der Waals surface area contributed by atoms with Crippen molar-refractivity contribution in [1.82, 2.24) is 10.2 Å². The second kappa shape index (κ2) is 6.91.